The van der Waals surface area contributed by atoms with Crippen LogP contribution in [0.25, 0.3) is 11.3 Å². The summed E-state index contributed by atoms with van der Waals surface area (Å²) in [5.41, 5.74) is 4.37. The molecule has 0 saturated carbocycles. The molecule has 0 bridgehead atoms. The van der Waals surface area contributed by atoms with E-state index in [1.54, 1.807) is 7.11 Å². The second-order valence-electron chi connectivity index (χ2n) is 6.86. The highest BCUT2D eigenvalue weighted by atomic mass is 31.2. The first-order valence-corrected chi connectivity index (χ1v) is 11.9. The molecular weight excluding hydrogens is 413 g/mol. The topological polar surface area (TPSA) is 82.6 Å². The number of anilines is 2. The molecule has 0 saturated heterocycles. The normalized spacial score (nSPS) is 11.4. The van der Waals surface area contributed by atoms with Gasteiger partial charge in [-0.2, -0.15) is 0 Å². The van der Waals surface area contributed by atoms with E-state index in [1.165, 1.54) is 6.33 Å². The Labute approximate surface area is 183 Å². The van der Waals surface area contributed by atoms with Crippen molar-refractivity contribution >= 4 is 19.1 Å². The minimum absolute atomic E-state index is 0.215. The van der Waals surface area contributed by atoms with E-state index in [-0.39, 0.29) is 6.16 Å². The maximum absolute atomic E-state index is 13.0. The van der Waals surface area contributed by atoms with Gasteiger partial charge in [0, 0.05) is 17.3 Å². The fraction of sp³-hybridized carbons (Fsp3) is 0.304. The Hall–Kier alpha value is -2.73. The van der Waals surface area contributed by atoms with E-state index in [0.717, 1.165) is 33.8 Å². The van der Waals surface area contributed by atoms with E-state index in [4.69, 9.17) is 13.8 Å². The monoisotopic (exact) mass is 441 g/mol. The standard InChI is InChI=1S/C23H28N3O4P/c1-5-29-31(27,30-6-2)15-18-13-19(12-11-17(18)3)26-23-14-21(24-16-25-23)20-9-7-8-10-22(20)28-4/h7-14,16H,5-6,15H2,1-4H3,(H,24,25,26). The van der Waals surface area contributed by atoms with E-state index < -0.39 is 7.60 Å². The van der Waals surface area contributed by atoms with Crippen molar-refractivity contribution in [2.45, 2.75) is 26.9 Å². The summed E-state index contributed by atoms with van der Waals surface area (Å²) in [6.07, 6.45) is 1.73. The van der Waals surface area contributed by atoms with Crippen molar-refractivity contribution in [3.63, 3.8) is 0 Å². The number of hydrogen-bond donors (Lipinski definition) is 1. The maximum Gasteiger partial charge on any atom is 0.335 e. The number of nitrogens with zero attached hydrogens (tertiary/aromatic N) is 2. The van der Waals surface area contributed by atoms with Gasteiger partial charge in [0.05, 0.1) is 32.2 Å². The number of hydrogen-bond acceptors (Lipinski definition) is 7. The molecule has 2 aromatic carbocycles. The van der Waals surface area contributed by atoms with Gasteiger partial charge in [-0.05, 0) is 56.2 Å². The van der Waals surface area contributed by atoms with Crippen LogP contribution in [0.4, 0.5) is 11.5 Å². The molecule has 8 heteroatoms. The van der Waals surface area contributed by atoms with Crippen LogP contribution in [0.15, 0.2) is 54.9 Å². The lowest BCUT2D eigenvalue weighted by Crippen LogP contribution is -2.02. The van der Waals surface area contributed by atoms with Gasteiger partial charge in [-0.3, -0.25) is 4.57 Å². The first kappa shape index (κ1) is 22.9. The van der Waals surface area contributed by atoms with Crippen LogP contribution in [0, 0.1) is 6.92 Å². The molecule has 0 unspecified atom stereocenters. The number of aromatic nitrogens is 2. The summed E-state index contributed by atoms with van der Waals surface area (Å²) in [5.74, 6) is 1.39. The largest absolute Gasteiger partial charge is 0.496 e. The zero-order valence-electron chi connectivity index (χ0n) is 18.3. The van der Waals surface area contributed by atoms with E-state index >= 15 is 0 Å². The van der Waals surface area contributed by atoms with Gasteiger partial charge in [0.15, 0.2) is 0 Å². The highest BCUT2D eigenvalue weighted by Crippen LogP contribution is 2.51. The fourth-order valence-electron chi connectivity index (χ4n) is 3.23. The Morgan fingerprint density at radius 3 is 2.45 bits per heavy atom. The third kappa shape index (κ3) is 5.91. The highest BCUT2D eigenvalue weighted by molar-refractivity contribution is 7.53. The summed E-state index contributed by atoms with van der Waals surface area (Å²) in [4.78, 5) is 8.71. The fourth-order valence-corrected chi connectivity index (χ4v) is 5.03. The van der Waals surface area contributed by atoms with Crippen molar-refractivity contribution in [3.05, 3.63) is 66.0 Å². The van der Waals surface area contributed by atoms with Crippen LogP contribution in [0.2, 0.25) is 0 Å². The average Bonchev–Trinajstić information content (AvgIpc) is 2.76. The van der Waals surface area contributed by atoms with Crippen molar-refractivity contribution in [1.82, 2.24) is 9.97 Å². The number of nitrogens with one attached hydrogen (secondary N) is 1. The van der Waals surface area contributed by atoms with Crippen LogP contribution in [0.3, 0.4) is 0 Å². The smallest absolute Gasteiger partial charge is 0.335 e. The summed E-state index contributed by atoms with van der Waals surface area (Å²) < 4.78 is 29.3. The third-order valence-electron chi connectivity index (χ3n) is 4.69. The summed E-state index contributed by atoms with van der Waals surface area (Å²) in [6.45, 7) is 6.27. The molecule has 0 radical (unpaired) electrons. The molecule has 0 aliphatic rings. The molecular formula is C23H28N3O4P. The van der Waals surface area contributed by atoms with Gasteiger partial charge in [0.2, 0.25) is 0 Å². The molecule has 0 spiro atoms. The summed E-state index contributed by atoms with van der Waals surface area (Å²) in [5, 5.41) is 3.31. The lowest BCUT2D eigenvalue weighted by molar-refractivity contribution is 0.219. The second-order valence-corrected chi connectivity index (χ2v) is 8.91. The van der Waals surface area contributed by atoms with Gasteiger partial charge in [-0.15, -0.1) is 0 Å². The van der Waals surface area contributed by atoms with Crippen LogP contribution in [0.5, 0.6) is 5.75 Å². The maximum atomic E-state index is 13.0. The van der Waals surface area contributed by atoms with Crippen LogP contribution in [-0.4, -0.2) is 30.3 Å². The molecule has 0 aliphatic carbocycles. The molecule has 1 aromatic heterocycles. The zero-order valence-corrected chi connectivity index (χ0v) is 19.2. The molecule has 3 rings (SSSR count). The molecule has 3 aromatic rings. The number of methoxy groups -OCH3 is 1. The number of ether oxygens (including phenoxy) is 1. The van der Waals surface area contributed by atoms with Gasteiger partial charge in [-0.1, -0.05) is 18.2 Å². The Morgan fingerprint density at radius 2 is 1.74 bits per heavy atom. The Morgan fingerprint density at radius 1 is 1.00 bits per heavy atom. The first-order valence-electron chi connectivity index (χ1n) is 10.2. The number of para-hydroxylation sites is 1. The van der Waals surface area contributed by atoms with Crippen LogP contribution in [0.1, 0.15) is 25.0 Å². The number of aryl methyl sites for hydroxylation is 1. The van der Waals surface area contributed by atoms with Crippen molar-refractivity contribution in [1.29, 1.82) is 0 Å². The predicted octanol–water partition coefficient (Wildman–Crippen LogP) is 5.97. The molecule has 0 fully saturated rings. The molecule has 31 heavy (non-hydrogen) atoms. The lowest BCUT2D eigenvalue weighted by Gasteiger charge is -2.19. The molecule has 0 aliphatic heterocycles. The molecule has 7 nitrogen and oxygen atoms in total. The first-order chi connectivity index (χ1) is 15.0. The number of rotatable bonds is 10. The zero-order chi connectivity index (χ0) is 22.3. The van der Waals surface area contributed by atoms with Gasteiger partial charge >= 0.3 is 7.60 Å². The van der Waals surface area contributed by atoms with Crippen molar-refractivity contribution in [2.75, 3.05) is 25.6 Å². The summed E-state index contributed by atoms with van der Waals surface area (Å²) >= 11 is 0. The highest BCUT2D eigenvalue weighted by Gasteiger charge is 2.25. The van der Waals surface area contributed by atoms with Gasteiger partial charge in [-0.25, -0.2) is 9.97 Å². The van der Waals surface area contributed by atoms with Crippen LogP contribution in [-0.2, 0) is 19.8 Å². The van der Waals surface area contributed by atoms with Gasteiger partial charge in [0.1, 0.15) is 17.9 Å². The summed E-state index contributed by atoms with van der Waals surface area (Å²) in [6, 6.07) is 15.4. The number of benzene rings is 2. The van der Waals surface area contributed by atoms with E-state index in [2.05, 4.69) is 15.3 Å². The van der Waals surface area contributed by atoms with E-state index in [0.29, 0.717) is 19.0 Å². The molecule has 1 N–H and O–H groups in total. The Kier molecular flexibility index (Phi) is 7.80. The minimum Gasteiger partial charge on any atom is -0.496 e. The van der Waals surface area contributed by atoms with E-state index in [1.807, 2.05) is 69.3 Å². The molecule has 0 amide bonds. The lowest BCUT2D eigenvalue weighted by atomic mass is 10.1. The molecule has 164 valence electrons. The summed E-state index contributed by atoms with van der Waals surface area (Å²) in [7, 11) is -1.56. The predicted molar refractivity (Wildman–Crippen MR) is 123 cm³/mol. The molecule has 0 atom stereocenters. The second kappa shape index (κ2) is 10.5. The van der Waals surface area contributed by atoms with Crippen molar-refractivity contribution in [2.24, 2.45) is 0 Å². The SMILES string of the molecule is CCOP(=O)(Cc1cc(Nc2cc(-c3ccccc3OC)ncn2)ccc1C)OCC. The Balaban J connectivity index is 1.85. The van der Waals surface area contributed by atoms with E-state index in [9.17, 15) is 4.57 Å². The van der Waals surface area contributed by atoms with Crippen molar-refractivity contribution in [3.8, 4) is 17.0 Å². The van der Waals surface area contributed by atoms with Crippen LogP contribution >= 0.6 is 7.60 Å². The minimum atomic E-state index is -3.19. The van der Waals surface area contributed by atoms with Crippen molar-refractivity contribution < 1.29 is 18.3 Å². The van der Waals surface area contributed by atoms with Crippen LogP contribution < -0.4 is 10.1 Å². The average molecular weight is 441 g/mol. The third-order valence-corrected chi connectivity index (χ3v) is 6.72. The van der Waals surface area contributed by atoms with Gasteiger partial charge in [0.25, 0.3) is 0 Å². The Bertz CT molecular complexity index is 1060. The van der Waals surface area contributed by atoms with Gasteiger partial charge < -0.3 is 19.1 Å². The molecule has 1 heterocycles. The quantitative estimate of drug-likeness (QED) is 0.388.